The number of para-hydroxylation sites is 3. The molecule has 0 radical (unpaired) electrons. The lowest BCUT2D eigenvalue weighted by molar-refractivity contribution is 0.794. The first kappa shape index (κ1) is 37.6. The Morgan fingerprint density at radius 3 is 1.52 bits per heavy atom. The molecular weight excluding hydrogens is 809 g/mol. The molecule has 14 rings (SSSR count). The van der Waals surface area contributed by atoms with Crippen LogP contribution >= 0.6 is 0 Å². The number of aromatic nitrogens is 1. The number of hydrogen-bond acceptors (Lipinski definition) is 1. The summed E-state index contributed by atoms with van der Waals surface area (Å²) in [6, 6.07) is 94.5. The molecule has 1 heterocycles. The molecule has 0 saturated carbocycles. The van der Waals surface area contributed by atoms with Gasteiger partial charge in [0.05, 0.1) is 27.8 Å². The maximum absolute atomic E-state index is 2.55. The van der Waals surface area contributed by atoms with E-state index in [0.717, 1.165) is 28.3 Å². The molecule has 2 heteroatoms. The molecule has 0 saturated heterocycles. The van der Waals surface area contributed by atoms with Gasteiger partial charge in [-0.15, -0.1) is 0 Å². The molecule has 67 heavy (non-hydrogen) atoms. The van der Waals surface area contributed by atoms with Crippen LogP contribution in [0.1, 0.15) is 22.3 Å². The molecule has 0 atom stereocenters. The fourth-order valence-electron chi connectivity index (χ4n) is 12.0. The Kier molecular flexibility index (Phi) is 8.23. The Hall–Kier alpha value is -8.72. The van der Waals surface area contributed by atoms with Crippen molar-refractivity contribution in [3.05, 3.63) is 277 Å². The predicted molar refractivity (Wildman–Crippen MR) is 280 cm³/mol. The number of anilines is 3. The predicted octanol–water partition coefficient (Wildman–Crippen LogP) is 17.1. The van der Waals surface area contributed by atoms with Gasteiger partial charge in [-0.25, -0.2) is 0 Å². The van der Waals surface area contributed by atoms with Gasteiger partial charge in [0.25, 0.3) is 0 Å². The van der Waals surface area contributed by atoms with Crippen LogP contribution in [0.25, 0.3) is 82.8 Å². The van der Waals surface area contributed by atoms with Crippen LogP contribution in [0.4, 0.5) is 17.1 Å². The maximum atomic E-state index is 2.55. The molecule has 1 spiro atoms. The van der Waals surface area contributed by atoms with E-state index in [-0.39, 0.29) is 0 Å². The van der Waals surface area contributed by atoms with Crippen LogP contribution < -0.4 is 4.90 Å². The van der Waals surface area contributed by atoms with Crippen LogP contribution in [0.2, 0.25) is 0 Å². The monoisotopic (exact) mass is 850 g/mol. The average Bonchev–Trinajstić information content (AvgIpc) is 4.01. The molecule has 2 aliphatic carbocycles. The number of hydrogen-bond donors (Lipinski definition) is 0. The first-order valence-corrected chi connectivity index (χ1v) is 23.3. The quantitative estimate of drug-likeness (QED) is 0.162. The van der Waals surface area contributed by atoms with Crippen LogP contribution in [0.5, 0.6) is 0 Å². The van der Waals surface area contributed by atoms with Crippen molar-refractivity contribution in [1.29, 1.82) is 0 Å². The maximum Gasteiger partial charge on any atom is 0.0726 e. The fraction of sp³-hybridized carbons (Fsp3) is 0.0154. The van der Waals surface area contributed by atoms with Crippen LogP contribution in [0, 0.1) is 0 Å². The van der Waals surface area contributed by atoms with Crippen LogP contribution in [0.3, 0.4) is 0 Å². The van der Waals surface area contributed by atoms with E-state index in [2.05, 4.69) is 264 Å². The molecule has 2 aliphatic rings. The van der Waals surface area contributed by atoms with Gasteiger partial charge < -0.3 is 9.47 Å². The third-order valence-electron chi connectivity index (χ3n) is 14.6. The normalized spacial score (nSPS) is 12.9. The van der Waals surface area contributed by atoms with Gasteiger partial charge in [-0.1, -0.05) is 212 Å². The smallest absolute Gasteiger partial charge is 0.0726 e. The van der Waals surface area contributed by atoms with Gasteiger partial charge in [-0.3, -0.25) is 0 Å². The Bertz CT molecular complexity index is 3840. The topological polar surface area (TPSA) is 8.17 Å². The minimum absolute atomic E-state index is 0.481. The Morgan fingerprint density at radius 1 is 0.328 bits per heavy atom. The number of nitrogens with zero attached hydrogens (tertiary/aromatic N) is 2. The van der Waals surface area contributed by atoms with Crippen LogP contribution in [0.15, 0.2) is 255 Å². The van der Waals surface area contributed by atoms with Gasteiger partial charge in [-0.05, 0) is 109 Å². The van der Waals surface area contributed by atoms with Crippen molar-refractivity contribution in [3.63, 3.8) is 0 Å². The Morgan fingerprint density at radius 2 is 0.821 bits per heavy atom. The summed E-state index contributed by atoms with van der Waals surface area (Å²) in [4.78, 5) is 2.55. The lowest BCUT2D eigenvalue weighted by Gasteiger charge is -2.32. The summed E-state index contributed by atoms with van der Waals surface area (Å²) in [5.41, 5.74) is 21.5. The molecule has 2 nitrogen and oxygen atoms in total. The molecule has 0 fully saturated rings. The zero-order valence-electron chi connectivity index (χ0n) is 36.6. The molecule has 312 valence electrons. The summed E-state index contributed by atoms with van der Waals surface area (Å²) in [6.45, 7) is 0. The van der Waals surface area contributed by atoms with Gasteiger partial charge in [0, 0.05) is 33.3 Å². The summed E-state index contributed by atoms with van der Waals surface area (Å²) in [5, 5.41) is 4.94. The highest BCUT2D eigenvalue weighted by atomic mass is 15.2. The van der Waals surface area contributed by atoms with E-state index < -0.39 is 5.41 Å². The standard InChI is InChI=1S/C65H42N2/c1-2-20-43(21-3-1)47-32-16-22-44-23-17-33-53(63(44)47)52-30-9-15-40-61(52)67(46-25-18-24-45(42-46)66-59-38-13-7-28-50(59)51-29-8-14-39-60(51)66)62-41-19-37-58-64(62)54-31-6-12-36-57(54)65(58)55-34-10-4-26-48(55)49-27-5-11-35-56(49)65/h1-42H. The summed E-state index contributed by atoms with van der Waals surface area (Å²) >= 11 is 0. The molecule has 0 bridgehead atoms. The highest BCUT2D eigenvalue weighted by Crippen LogP contribution is 2.65. The van der Waals surface area contributed by atoms with E-state index in [0.29, 0.717) is 0 Å². The summed E-state index contributed by atoms with van der Waals surface area (Å²) in [6.07, 6.45) is 0. The van der Waals surface area contributed by atoms with E-state index in [1.807, 2.05) is 0 Å². The number of fused-ring (bicyclic) bond motifs is 14. The second-order valence-corrected chi connectivity index (χ2v) is 17.9. The number of rotatable bonds is 6. The minimum atomic E-state index is -0.481. The molecule has 0 unspecified atom stereocenters. The van der Waals surface area contributed by atoms with Crippen molar-refractivity contribution in [2.45, 2.75) is 5.41 Å². The van der Waals surface area contributed by atoms with Crippen molar-refractivity contribution in [1.82, 2.24) is 4.57 Å². The van der Waals surface area contributed by atoms with E-state index in [1.165, 1.54) is 93.8 Å². The second kappa shape index (κ2) is 14.7. The van der Waals surface area contributed by atoms with Crippen molar-refractivity contribution >= 4 is 49.6 Å². The summed E-state index contributed by atoms with van der Waals surface area (Å²) in [7, 11) is 0. The third kappa shape index (κ3) is 5.33. The van der Waals surface area contributed by atoms with Crippen molar-refractivity contribution in [2.75, 3.05) is 4.90 Å². The zero-order valence-corrected chi connectivity index (χ0v) is 36.6. The Balaban J connectivity index is 1.08. The van der Waals surface area contributed by atoms with E-state index in [1.54, 1.807) is 0 Å². The van der Waals surface area contributed by atoms with Crippen molar-refractivity contribution in [2.24, 2.45) is 0 Å². The first-order valence-electron chi connectivity index (χ1n) is 23.3. The molecule has 0 N–H and O–H groups in total. The number of benzene rings is 11. The molecule has 11 aromatic carbocycles. The van der Waals surface area contributed by atoms with Gasteiger partial charge in [-0.2, -0.15) is 0 Å². The lowest BCUT2D eigenvalue weighted by Crippen LogP contribution is -2.26. The average molecular weight is 851 g/mol. The fourth-order valence-corrected chi connectivity index (χ4v) is 12.0. The highest BCUT2D eigenvalue weighted by Gasteiger charge is 2.52. The second-order valence-electron chi connectivity index (χ2n) is 17.9. The molecule has 1 aromatic heterocycles. The minimum Gasteiger partial charge on any atom is -0.309 e. The van der Waals surface area contributed by atoms with Gasteiger partial charge >= 0.3 is 0 Å². The first-order chi connectivity index (χ1) is 33.3. The summed E-state index contributed by atoms with van der Waals surface area (Å²) in [5.74, 6) is 0. The van der Waals surface area contributed by atoms with Gasteiger partial charge in [0.15, 0.2) is 0 Å². The van der Waals surface area contributed by atoms with Gasteiger partial charge in [0.2, 0.25) is 0 Å². The van der Waals surface area contributed by atoms with Crippen LogP contribution in [-0.4, -0.2) is 4.57 Å². The molecular formula is C65H42N2. The Labute approximate surface area is 389 Å². The lowest BCUT2D eigenvalue weighted by atomic mass is 9.70. The third-order valence-corrected chi connectivity index (χ3v) is 14.6. The molecule has 0 aliphatic heterocycles. The van der Waals surface area contributed by atoms with Crippen molar-refractivity contribution < 1.29 is 0 Å². The largest absolute Gasteiger partial charge is 0.309 e. The highest BCUT2D eigenvalue weighted by molar-refractivity contribution is 6.11. The van der Waals surface area contributed by atoms with E-state index in [9.17, 15) is 0 Å². The van der Waals surface area contributed by atoms with Gasteiger partial charge in [0.1, 0.15) is 0 Å². The van der Waals surface area contributed by atoms with Crippen molar-refractivity contribution in [3.8, 4) is 50.2 Å². The van der Waals surface area contributed by atoms with E-state index >= 15 is 0 Å². The summed E-state index contributed by atoms with van der Waals surface area (Å²) < 4.78 is 2.43. The van der Waals surface area contributed by atoms with E-state index in [4.69, 9.17) is 0 Å². The SMILES string of the molecule is c1ccc(-c2cccc3cccc(-c4ccccc4N(c4cccc(-n5c6ccccc6c6ccccc65)c4)c4cccc5c4-c4ccccc4C54c5ccccc5-c5ccccc54)c23)cc1. The molecule has 0 amide bonds. The molecule has 12 aromatic rings. The van der Waals surface area contributed by atoms with Crippen LogP contribution in [-0.2, 0) is 5.41 Å². The zero-order chi connectivity index (χ0) is 44.1.